The van der Waals surface area contributed by atoms with Gasteiger partial charge in [-0.1, -0.05) is 42.5 Å². The van der Waals surface area contributed by atoms with E-state index in [-0.39, 0.29) is 11.5 Å². The van der Waals surface area contributed by atoms with Crippen molar-refractivity contribution in [2.45, 2.75) is 6.54 Å². The molecule has 7 heteroatoms. The molecule has 5 nitrogen and oxygen atoms in total. The van der Waals surface area contributed by atoms with Crippen molar-refractivity contribution in [3.8, 4) is 0 Å². The fourth-order valence-electron chi connectivity index (χ4n) is 2.99. The number of thioether (sulfide) groups is 1. The zero-order chi connectivity index (χ0) is 21.8. The fourth-order valence-corrected chi connectivity index (χ4v) is 4.35. The molecule has 3 aromatic carbocycles. The Labute approximate surface area is 197 Å². The number of aromatic carboxylic acids is 1. The molecule has 1 saturated heterocycles. The lowest BCUT2D eigenvalue weighted by Gasteiger charge is -2.16. The van der Waals surface area contributed by atoms with Crippen LogP contribution in [0.3, 0.4) is 0 Å². The summed E-state index contributed by atoms with van der Waals surface area (Å²) in [5, 5.41) is 9.70. The fraction of sp³-hybridized carbons (Fsp3) is 0.0417. The summed E-state index contributed by atoms with van der Waals surface area (Å²) in [7, 11) is 0. The Bertz CT molecular complexity index is 1170. The predicted octanol–water partition coefficient (Wildman–Crippen LogP) is 5.79. The molecule has 31 heavy (non-hydrogen) atoms. The van der Waals surface area contributed by atoms with Crippen LogP contribution in [0.15, 0.2) is 88.8 Å². The van der Waals surface area contributed by atoms with Crippen LogP contribution >= 0.6 is 34.4 Å². The van der Waals surface area contributed by atoms with Gasteiger partial charge in [0.05, 0.1) is 22.7 Å². The number of nitrogens with zero attached hydrogens (tertiary/aromatic N) is 2. The minimum atomic E-state index is -0.978. The van der Waals surface area contributed by atoms with E-state index in [4.69, 9.17) is 5.11 Å². The lowest BCUT2D eigenvalue weighted by Crippen LogP contribution is -2.28. The van der Waals surface area contributed by atoms with Crippen LogP contribution < -0.4 is 0 Å². The van der Waals surface area contributed by atoms with E-state index in [9.17, 15) is 9.59 Å². The number of benzene rings is 3. The molecule has 1 heterocycles. The highest BCUT2D eigenvalue weighted by molar-refractivity contribution is 14.1. The number of amides is 1. The van der Waals surface area contributed by atoms with E-state index in [1.54, 1.807) is 29.2 Å². The average Bonchev–Trinajstić information content (AvgIpc) is 3.05. The summed E-state index contributed by atoms with van der Waals surface area (Å²) in [6, 6.07) is 24.0. The van der Waals surface area contributed by atoms with Gasteiger partial charge in [-0.05, 0) is 88.0 Å². The maximum atomic E-state index is 13.2. The molecule has 154 valence electrons. The Kier molecular flexibility index (Phi) is 6.53. The number of carboxylic acids is 1. The van der Waals surface area contributed by atoms with Crippen molar-refractivity contribution in [1.82, 2.24) is 4.90 Å². The van der Waals surface area contributed by atoms with Gasteiger partial charge in [-0.25, -0.2) is 9.79 Å². The maximum Gasteiger partial charge on any atom is 0.335 e. The second-order valence-electron chi connectivity index (χ2n) is 6.79. The first-order valence-electron chi connectivity index (χ1n) is 9.42. The summed E-state index contributed by atoms with van der Waals surface area (Å²) in [6.07, 6.45) is 1.87. The highest BCUT2D eigenvalue weighted by Gasteiger charge is 2.33. The van der Waals surface area contributed by atoms with Crippen LogP contribution in [0.4, 0.5) is 5.69 Å². The summed E-state index contributed by atoms with van der Waals surface area (Å²) in [4.78, 5) is 31.2. The largest absolute Gasteiger partial charge is 0.478 e. The molecule has 0 unspecified atom stereocenters. The lowest BCUT2D eigenvalue weighted by molar-refractivity contribution is -0.122. The van der Waals surface area contributed by atoms with Crippen LogP contribution in [0, 0.1) is 3.57 Å². The molecule has 1 fully saturated rings. The van der Waals surface area contributed by atoms with Gasteiger partial charge >= 0.3 is 5.97 Å². The van der Waals surface area contributed by atoms with E-state index in [1.807, 2.05) is 60.7 Å². The van der Waals surface area contributed by atoms with E-state index >= 15 is 0 Å². The van der Waals surface area contributed by atoms with Crippen molar-refractivity contribution in [2.24, 2.45) is 4.99 Å². The molecule has 0 spiro atoms. The Balaban J connectivity index is 1.66. The Hall–Kier alpha value is -2.91. The molecule has 1 amide bonds. The third-order valence-corrected chi connectivity index (χ3v) is 6.30. The number of halogens is 1. The van der Waals surface area contributed by atoms with Crippen LogP contribution in [0.5, 0.6) is 0 Å². The van der Waals surface area contributed by atoms with Gasteiger partial charge in [0.25, 0.3) is 5.91 Å². The SMILES string of the molecule is O=C(O)c1ccc(CN2C(=O)/C(=C/c3ccc(I)cc3)SC2=Nc2ccccc2)cc1. The maximum absolute atomic E-state index is 13.2. The number of carbonyl (C=O) groups excluding carboxylic acids is 1. The van der Waals surface area contributed by atoms with Gasteiger partial charge in [0.15, 0.2) is 5.17 Å². The zero-order valence-electron chi connectivity index (χ0n) is 16.2. The molecular formula is C24H17IN2O3S. The molecule has 0 aliphatic carbocycles. The number of carboxylic acid groups (broad SMARTS) is 1. The van der Waals surface area contributed by atoms with E-state index < -0.39 is 5.97 Å². The minimum Gasteiger partial charge on any atom is -0.478 e. The summed E-state index contributed by atoms with van der Waals surface area (Å²) in [5.41, 5.74) is 2.75. The van der Waals surface area contributed by atoms with E-state index in [0.717, 1.165) is 20.4 Å². The molecule has 1 aliphatic heterocycles. The number of para-hydroxylation sites is 1. The van der Waals surface area contributed by atoms with E-state index in [1.165, 1.54) is 11.8 Å². The lowest BCUT2D eigenvalue weighted by atomic mass is 10.1. The van der Waals surface area contributed by atoms with Gasteiger partial charge in [-0.2, -0.15) is 0 Å². The van der Waals surface area contributed by atoms with Gasteiger partial charge < -0.3 is 5.11 Å². The number of amidine groups is 1. The number of carbonyl (C=O) groups is 2. The quantitative estimate of drug-likeness (QED) is 0.329. The average molecular weight is 540 g/mol. The molecule has 0 aromatic heterocycles. The highest BCUT2D eigenvalue weighted by Crippen LogP contribution is 2.35. The first-order chi connectivity index (χ1) is 15.0. The second kappa shape index (κ2) is 9.49. The first-order valence-corrected chi connectivity index (χ1v) is 11.3. The molecule has 1 aliphatic rings. The van der Waals surface area contributed by atoms with E-state index in [2.05, 4.69) is 27.6 Å². The van der Waals surface area contributed by atoms with Gasteiger partial charge in [0.1, 0.15) is 0 Å². The smallest absolute Gasteiger partial charge is 0.335 e. The molecule has 0 radical (unpaired) electrons. The molecular weight excluding hydrogens is 523 g/mol. The van der Waals surface area contributed by atoms with Crippen molar-refractivity contribution in [1.29, 1.82) is 0 Å². The van der Waals surface area contributed by atoms with Crippen molar-refractivity contribution in [3.05, 3.63) is 104 Å². The van der Waals surface area contributed by atoms with E-state index in [0.29, 0.717) is 16.6 Å². The Morgan fingerprint density at radius 2 is 1.68 bits per heavy atom. The molecule has 1 N–H and O–H groups in total. The molecule has 0 atom stereocenters. The van der Waals surface area contributed by atoms with Crippen molar-refractivity contribution in [3.63, 3.8) is 0 Å². The predicted molar refractivity (Wildman–Crippen MR) is 132 cm³/mol. The van der Waals surface area contributed by atoms with Crippen molar-refractivity contribution in [2.75, 3.05) is 0 Å². The summed E-state index contributed by atoms with van der Waals surface area (Å²) in [6.45, 7) is 0.307. The van der Waals surface area contributed by atoms with Crippen molar-refractivity contribution >= 4 is 63.2 Å². The zero-order valence-corrected chi connectivity index (χ0v) is 19.2. The molecule has 0 saturated carbocycles. The highest BCUT2D eigenvalue weighted by atomic mass is 127. The third-order valence-electron chi connectivity index (χ3n) is 4.58. The van der Waals surface area contributed by atoms with Gasteiger partial charge in [0.2, 0.25) is 0 Å². The van der Waals surface area contributed by atoms with Crippen LogP contribution in [-0.4, -0.2) is 27.1 Å². The summed E-state index contributed by atoms with van der Waals surface area (Å²) >= 11 is 3.59. The van der Waals surface area contributed by atoms with Crippen molar-refractivity contribution < 1.29 is 14.7 Å². The second-order valence-corrected chi connectivity index (χ2v) is 9.04. The van der Waals surface area contributed by atoms with Gasteiger partial charge in [-0.3, -0.25) is 9.69 Å². The van der Waals surface area contributed by atoms with Gasteiger partial charge in [-0.15, -0.1) is 0 Å². The molecule has 4 rings (SSSR count). The molecule has 3 aromatic rings. The number of aliphatic imine (C=N–C) groups is 1. The van der Waals surface area contributed by atoms with Crippen LogP contribution in [-0.2, 0) is 11.3 Å². The normalized spacial score (nSPS) is 16.3. The van der Waals surface area contributed by atoms with Gasteiger partial charge in [0, 0.05) is 3.57 Å². The number of hydrogen-bond acceptors (Lipinski definition) is 4. The summed E-state index contributed by atoms with van der Waals surface area (Å²) in [5.74, 6) is -1.10. The number of rotatable bonds is 5. The monoisotopic (exact) mass is 540 g/mol. The standard InChI is InChI=1S/C24H17IN2O3S/c25-19-12-8-16(9-13-19)14-21-22(28)27(15-17-6-10-18(11-7-17)23(29)30)24(31-21)26-20-4-2-1-3-5-20/h1-14H,15H2,(H,29,30)/b21-14-,26-24?. The Morgan fingerprint density at radius 3 is 2.32 bits per heavy atom. The van der Waals surface area contributed by atoms with Crippen LogP contribution in [0.2, 0.25) is 0 Å². The van der Waals surface area contributed by atoms with Crippen LogP contribution in [0.1, 0.15) is 21.5 Å². The first kappa shape index (κ1) is 21.3. The van der Waals surface area contributed by atoms with Crippen LogP contribution in [0.25, 0.3) is 6.08 Å². The number of hydrogen-bond donors (Lipinski definition) is 1. The topological polar surface area (TPSA) is 70.0 Å². The Morgan fingerprint density at radius 1 is 1.00 bits per heavy atom. The third kappa shape index (κ3) is 5.23. The summed E-state index contributed by atoms with van der Waals surface area (Å²) < 4.78 is 1.13. The minimum absolute atomic E-state index is 0.124. The molecule has 0 bridgehead atoms.